The summed E-state index contributed by atoms with van der Waals surface area (Å²) in [5.41, 5.74) is 1.52. The van der Waals surface area contributed by atoms with E-state index in [-0.39, 0.29) is 11.4 Å². The number of rotatable bonds is 4. The molecule has 1 aromatic heterocycles. The summed E-state index contributed by atoms with van der Waals surface area (Å²) in [5.74, 6) is -1.70. The lowest BCUT2D eigenvalue weighted by molar-refractivity contribution is -0.119. The number of esters is 1. The Balaban J connectivity index is 1.64. The van der Waals surface area contributed by atoms with Crippen molar-refractivity contribution in [1.82, 2.24) is 0 Å². The van der Waals surface area contributed by atoms with Gasteiger partial charge in [0.2, 0.25) is 5.76 Å². The number of hydrogen-bond acceptors (Lipinski definition) is 4. The molecule has 0 radical (unpaired) electrons. The monoisotopic (exact) mass is 327 g/mol. The first kappa shape index (κ1) is 15.7. The van der Waals surface area contributed by atoms with Crippen LogP contribution >= 0.6 is 0 Å². The van der Waals surface area contributed by atoms with Crippen LogP contribution in [0.4, 0.5) is 10.1 Å². The fourth-order valence-electron chi connectivity index (χ4n) is 2.33. The van der Waals surface area contributed by atoms with E-state index in [0.29, 0.717) is 11.1 Å². The van der Waals surface area contributed by atoms with Crippen molar-refractivity contribution in [2.45, 2.75) is 6.92 Å². The Hall–Kier alpha value is -3.15. The van der Waals surface area contributed by atoms with Gasteiger partial charge < -0.3 is 14.5 Å². The molecule has 0 saturated carbocycles. The summed E-state index contributed by atoms with van der Waals surface area (Å²) in [5, 5.41) is 3.26. The Kier molecular flexibility index (Phi) is 4.29. The molecule has 0 unspecified atom stereocenters. The predicted molar refractivity (Wildman–Crippen MR) is 86.3 cm³/mol. The molecule has 0 atom stereocenters. The van der Waals surface area contributed by atoms with Crippen LogP contribution in [0.2, 0.25) is 0 Å². The summed E-state index contributed by atoms with van der Waals surface area (Å²) in [4.78, 5) is 23.9. The zero-order valence-corrected chi connectivity index (χ0v) is 12.8. The number of furan rings is 1. The van der Waals surface area contributed by atoms with Gasteiger partial charge in [0, 0.05) is 16.6 Å². The molecule has 1 amide bonds. The minimum Gasteiger partial charge on any atom is -0.450 e. The molecule has 0 aliphatic rings. The zero-order chi connectivity index (χ0) is 17.1. The van der Waals surface area contributed by atoms with Crippen molar-refractivity contribution in [3.05, 3.63) is 65.7 Å². The molecule has 122 valence electrons. The van der Waals surface area contributed by atoms with Crippen LogP contribution in [-0.4, -0.2) is 18.5 Å². The van der Waals surface area contributed by atoms with E-state index in [2.05, 4.69) is 5.32 Å². The highest BCUT2D eigenvalue weighted by Gasteiger charge is 2.19. The quantitative estimate of drug-likeness (QED) is 0.742. The molecule has 1 heterocycles. The molecule has 3 rings (SSSR count). The predicted octanol–water partition coefficient (Wildman–Crippen LogP) is 3.68. The second kappa shape index (κ2) is 6.54. The van der Waals surface area contributed by atoms with Gasteiger partial charge in [-0.05, 0) is 31.2 Å². The lowest BCUT2D eigenvalue weighted by atomic mass is 10.1. The number of ether oxygens (including phenoxy) is 1. The van der Waals surface area contributed by atoms with Crippen LogP contribution in [0.15, 0.2) is 52.9 Å². The van der Waals surface area contributed by atoms with Gasteiger partial charge >= 0.3 is 5.97 Å². The van der Waals surface area contributed by atoms with Crippen molar-refractivity contribution in [1.29, 1.82) is 0 Å². The zero-order valence-electron chi connectivity index (χ0n) is 12.8. The molecule has 0 spiro atoms. The third-order valence-corrected chi connectivity index (χ3v) is 3.47. The first-order valence-corrected chi connectivity index (χ1v) is 7.25. The molecule has 0 aliphatic carbocycles. The molecule has 0 fully saturated rings. The maximum atomic E-state index is 13.0. The highest BCUT2D eigenvalue weighted by atomic mass is 19.1. The van der Waals surface area contributed by atoms with Crippen LogP contribution in [0, 0.1) is 12.7 Å². The average Bonchev–Trinajstić information content (AvgIpc) is 2.90. The fourth-order valence-corrected chi connectivity index (χ4v) is 2.33. The van der Waals surface area contributed by atoms with Gasteiger partial charge in [-0.2, -0.15) is 0 Å². The maximum absolute atomic E-state index is 13.0. The van der Waals surface area contributed by atoms with E-state index in [1.165, 1.54) is 24.3 Å². The van der Waals surface area contributed by atoms with Crippen molar-refractivity contribution in [3.8, 4) is 0 Å². The van der Waals surface area contributed by atoms with Crippen molar-refractivity contribution < 1.29 is 23.1 Å². The van der Waals surface area contributed by atoms with Crippen molar-refractivity contribution in [2.24, 2.45) is 0 Å². The van der Waals surface area contributed by atoms with Crippen molar-refractivity contribution in [3.63, 3.8) is 0 Å². The molecule has 3 aromatic rings. The maximum Gasteiger partial charge on any atom is 0.375 e. The van der Waals surface area contributed by atoms with E-state index in [1.54, 1.807) is 19.1 Å². The number of fused-ring (bicyclic) bond motifs is 1. The summed E-state index contributed by atoms with van der Waals surface area (Å²) in [7, 11) is 0. The minimum absolute atomic E-state index is 0.0646. The first-order chi connectivity index (χ1) is 11.5. The summed E-state index contributed by atoms with van der Waals surface area (Å²) < 4.78 is 23.5. The summed E-state index contributed by atoms with van der Waals surface area (Å²) in [6.45, 7) is 1.25. The van der Waals surface area contributed by atoms with E-state index < -0.39 is 24.3 Å². The SMILES string of the molecule is Cc1c(C(=O)OCC(=O)Nc2cccc(F)c2)oc2ccccc12. The van der Waals surface area contributed by atoms with Crippen molar-refractivity contribution >= 4 is 28.5 Å². The molecule has 0 bridgehead atoms. The second-order valence-electron chi connectivity index (χ2n) is 5.19. The van der Waals surface area contributed by atoms with Gasteiger partial charge in [-0.15, -0.1) is 0 Å². The lowest BCUT2D eigenvalue weighted by Gasteiger charge is -2.06. The van der Waals surface area contributed by atoms with E-state index in [1.807, 2.05) is 12.1 Å². The van der Waals surface area contributed by atoms with E-state index in [0.717, 1.165) is 5.39 Å². The number of carbonyl (C=O) groups excluding carboxylic acids is 2. The Morgan fingerprint density at radius 2 is 1.96 bits per heavy atom. The van der Waals surface area contributed by atoms with Gasteiger partial charge in [0.15, 0.2) is 6.61 Å². The number of aryl methyl sites for hydroxylation is 1. The van der Waals surface area contributed by atoms with Gasteiger partial charge in [-0.3, -0.25) is 4.79 Å². The number of halogens is 1. The lowest BCUT2D eigenvalue weighted by Crippen LogP contribution is -2.21. The Morgan fingerprint density at radius 3 is 2.71 bits per heavy atom. The van der Waals surface area contributed by atoms with Crippen LogP contribution in [0.3, 0.4) is 0 Å². The van der Waals surface area contributed by atoms with Crippen LogP contribution in [-0.2, 0) is 9.53 Å². The summed E-state index contributed by atoms with van der Waals surface area (Å²) in [6.07, 6.45) is 0. The van der Waals surface area contributed by atoms with E-state index >= 15 is 0 Å². The van der Waals surface area contributed by atoms with Crippen LogP contribution in [0.5, 0.6) is 0 Å². The third kappa shape index (κ3) is 3.27. The number of benzene rings is 2. The average molecular weight is 327 g/mol. The molecule has 2 aromatic carbocycles. The minimum atomic E-state index is -0.724. The number of amides is 1. The Bertz CT molecular complexity index is 916. The molecule has 24 heavy (non-hydrogen) atoms. The second-order valence-corrected chi connectivity index (χ2v) is 5.19. The topological polar surface area (TPSA) is 68.5 Å². The third-order valence-electron chi connectivity index (χ3n) is 3.47. The standard InChI is InChI=1S/C18H14FNO4/c1-11-14-7-2-3-8-15(14)24-17(11)18(22)23-10-16(21)20-13-6-4-5-12(19)9-13/h2-9H,10H2,1H3,(H,20,21). The Labute approximate surface area is 137 Å². The summed E-state index contributed by atoms with van der Waals surface area (Å²) in [6, 6.07) is 12.7. The van der Waals surface area contributed by atoms with Gasteiger partial charge in [-0.25, -0.2) is 9.18 Å². The smallest absolute Gasteiger partial charge is 0.375 e. The number of nitrogens with one attached hydrogen (secondary N) is 1. The van der Waals surface area contributed by atoms with Gasteiger partial charge in [-0.1, -0.05) is 24.3 Å². The number of hydrogen-bond donors (Lipinski definition) is 1. The first-order valence-electron chi connectivity index (χ1n) is 7.25. The number of anilines is 1. The van der Waals surface area contributed by atoms with E-state index in [9.17, 15) is 14.0 Å². The highest BCUT2D eigenvalue weighted by molar-refractivity contribution is 5.98. The summed E-state index contributed by atoms with van der Waals surface area (Å²) >= 11 is 0. The molecule has 6 heteroatoms. The van der Waals surface area contributed by atoms with Gasteiger partial charge in [0.1, 0.15) is 11.4 Å². The number of carbonyl (C=O) groups is 2. The Morgan fingerprint density at radius 1 is 1.17 bits per heavy atom. The number of para-hydroxylation sites is 1. The highest BCUT2D eigenvalue weighted by Crippen LogP contribution is 2.25. The fraction of sp³-hybridized carbons (Fsp3) is 0.111. The van der Waals surface area contributed by atoms with Crippen LogP contribution in [0.25, 0.3) is 11.0 Å². The van der Waals surface area contributed by atoms with Crippen LogP contribution in [0.1, 0.15) is 16.1 Å². The molecule has 0 aliphatic heterocycles. The molecule has 0 saturated heterocycles. The van der Waals surface area contributed by atoms with Gasteiger partial charge in [0.05, 0.1) is 0 Å². The van der Waals surface area contributed by atoms with E-state index in [4.69, 9.17) is 9.15 Å². The largest absolute Gasteiger partial charge is 0.450 e. The molecular weight excluding hydrogens is 313 g/mol. The molecule has 1 N–H and O–H groups in total. The van der Waals surface area contributed by atoms with Crippen molar-refractivity contribution in [2.75, 3.05) is 11.9 Å². The molecule has 5 nitrogen and oxygen atoms in total. The van der Waals surface area contributed by atoms with Gasteiger partial charge in [0.25, 0.3) is 5.91 Å². The molecular formula is C18H14FNO4. The normalized spacial score (nSPS) is 10.6. The van der Waals surface area contributed by atoms with Crippen LogP contribution < -0.4 is 5.32 Å².